The third-order valence-corrected chi connectivity index (χ3v) is 3.98. The summed E-state index contributed by atoms with van der Waals surface area (Å²) in [5, 5.41) is 17.9. The number of aromatic nitrogens is 2. The number of hydrogen-bond acceptors (Lipinski definition) is 6. The molecule has 1 atom stereocenters. The molecule has 1 aliphatic rings. The van der Waals surface area contributed by atoms with E-state index in [1.54, 1.807) is 29.2 Å². The number of benzene rings is 1. The smallest absolute Gasteiger partial charge is 0.253 e. The number of rotatable bonds is 3. The van der Waals surface area contributed by atoms with Gasteiger partial charge in [-0.1, -0.05) is 0 Å². The van der Waals surface area contributed by atoms with Crippen molar-refractivity contribution in [2.75, 3.05) is 13.1 Å². The van der Waals surface area contributed by atoms with E-state index < -0.39 is 0 Å². The predicted octanol–water partition coefficient (Wildman–Crippen LogP) is 1.90. The van der Waals surface area contributed by atoms with Crippen LogP contribution in [0.3, 0.4) is 0 Å². The third-order valence-electron chi connectivity index (χ3n) is 3.98. The van der Waals surface area contributed by atoms with Gasteiger partial charge < -0.3 is 9.64 Å². The highest BCUT2D eigenvalue weighted by molar-refractivity contribution is 5.94. The number of hydrogen-bond donors (Lipinski definition) is 0. The molecule has 1 aliphatic heterocycles. The van der Waals surface area contributed by atoms with Crippen LogP contribution in [0.4, 0.5) is 0 Å². The molecular weight excluding hydrogens is 318 g/mol. The van der Waals surface area contributed by atoms with Gasteiger partial charge in [0, 0.05) is 24.5 Å². The standard InChI is InChI=1S/C18H15N5O2/c19-10-13-3-5-14(6-4-13)18(24)23-9-1-2-15(12-23)25-17-16(11-20)21-7-8-22-17/h3-8,15H,1-2,9,12H2/t15-/m0/s1. The highest BCUT2D eigenvalue weighted by Gasteiger charge is 2.26. The average Bonchev–Trinajstić information content (AvgIpc) is 2.68. The molecule has 0 radical (unpaired) electrons. The van der Waals surface area contributed by atoms with Gasteiger partial charge in [-0.15, -0.1) is 0 Å². The molecule has 0 N–H and O–H groups in total. The lowest BCUT2D eigenvalue weighted by Gasteiger charge is -2.32. The van der Waals surface area contributed by atoms with Crippen LogP contribution in [0.5, 0.6) is 5.88 Å². The van der Waals surface area contributed by atoms with E-state index >= 15 is 0 Å². The zero-order valence-electron chi connectivity index (χ0n) is 13.4. The van der Waals surface area contributed by atoms with Crippen LogP contribution in [-0.4, -0.2) is 40.0 Å². The number of carbonyl (C=O) groups excluding carboxylic acids is 1. The predicted molar refractivity (Wildman–Crippen MR) is 87.5 cm³/mol. The van der Waals surface area contributed by atoms with E-state index in [9.17, 15) is 4.79 Å². The van der Waals surface area contributed by atoms with Gasteiger partial charge in [0.25, 0.3) is 11.8 Å². The summed E-state index contributed by atoms with van der Waals surface area (Å²) in [4.78, 5) is 22.3. The van der Waals surface area contributed by atoms with Gasteiger partial charge in [0.15, 0.2) is 0 Å². The summed E-state index contributed by atoms with van der Waals surface area (Å²) in [5.41, 5.74) is 1.19. The summed E-state index contributed by atoms with van der Waals surface area (Å²) in [7, 11) is 0. The van der Waals surface area contributed by atoms with E-state index in [-0.39, 0.29) is 23.6 Å². The summed E-state index contributed by atoms with van der Waals surface area (Å²) < 4.78 is 5.80. The van der Waals surface area contributed by atoms with Crippen LogP contribution < -0.4 is 4.74 Å². The van der Waals surface area contributed by atoms with Crippen molar-refractivity contribution in [3.05, 3.63) is 53.5 Å². The topological polar surface area (TPSA) is 103 Å². The van der Waals surface area contributed by atoms with Crippen LogP contribution in [0, 0.1) is 22.7 Å². The first-order chi connectivity index (χ1) is 12.2. The van der Waals surface area contributed by atoms with E-state index in [1.165, 1.54) is 12.4 Å². The molecule has 1 aromatic carbocycles. The zero-order valence-corrected chi connectivity index (χ0v) is 13.4. The molecule has 1 aromatic heterocycles. The quantitative estimate of drug-likeness (QED) is 0.850. The molecule has 0 aliphatic carbocycles. The van der Waals surface area contributed by atoms with Crippen molar-refractivity contribution in [1.82, 2.24) is 14.9 Å². The van der Waals surface area contributed by atoms with Gasteiger partial charge >= 0.3 is 0 Å². The highest BCUT2D eigenvalue weighted by atomic mass is 16.5. The number of piperidine rings is 1. The monoisotopic (exact) mass is 333 g/mol. The Morgan fingerprint density at radius 2 is 1.92 bits per heavy atom. The summed E-state index contributed by atoms with van der Waals surface area (Å²) in [5.74, 6) is 0.0973. The van der Waals surface area contributed by atoms with Gasteiger partial charge in [-0.05, 0) is 37.1 Å². The van der Waals surface area contributed by atoms with E-state index in [1.807, 2.05) is 12.1 Å². The molecule has 1 amide bonds. The zero-order chi connectivity index (χ0) is 17.6. The second-order valence-electron chi connectivity index (χ2n) is 5.64. The number of likely N-dealkylation sites (tertiary alicyclic amines) is 1. The van der Waals surface area contributed by atoms with Crippen molar-refractivity contribution in [3.8, 4) is 18.0 Å². The molecule has 3 rings (SSSR count). The lowest BCUT2D eigenvalue weighted by atomic mass is 10.1. The molecule has 1 saturated heterocycles. The van der Waals surface area contributed by atoms with E-state index in [0.29, 0.717) is 24.2 Å². The largest absolute Gasteiger partial charge is 0.470 e. The second-order valence-corrected chi connectivity index (χ2v) is 5.64. The van der Waals surface area contributed by atoms with Gasteiger partial charge in [-0.2, -0.15) is 10.5 Å². The molecule has 25 heavy (non-hydrogen) atoms. The van der Waals surface area contributed by atoms with E-state index in [0.717, 1.165) is 12.8 Å². The Hall–Kier alpha value is -3.45. The summed E-state index contributed by atoms with van der Waals surface area (Å²) in [6.07, 6.45) is 4.25. The van der Waals surface area contributed by atoms with Gasteiger partial charge in [0.2, 0.25) is 5.69 Å². The van der Waals surface area contributed by atoms with Crippen molar-refractivity contribution >= 4 is 5.91 Å². The number of carbonyl (C=O) groups is 1. The van der Waals surface area contributed by atoms with Crippen molar-refractivity contribution in [3.63, 3.8) is 0 Å². The Morgan fingerprint density at radius 1 is 1.16 bits per heavy atom. The minimum absolute atomic E-state index is 0.0996. The summed E-state index contributed by atoms with van der Waals surface area (Å²) in [6.45, 7) is 1.06. The number of amides is 1. The second kappa shape index (κ2) is 7.41. The Kier molecular flexibility index (Phi) is 4.87. The number of ether oxygens (including phenoxy) is 1. The fourth-order valence-electron chi connectivity index (χ4n) is 2.73. The molecular formula is C18H15N5O2. The van der Waals surface area contributed by atoms with E-state index in [2.05, 4.69) is 9.97 Å². The first-order valence-corrected chi connectivity index (χ1v) is 7.88. The highest BCUT2D eigenvalue weighted by Crippen LogP contribution is 2.20. The number of nitrogens with zero attached hydrogens (tertiary/aromatic N) is 5. The Bertz CT molecular complexity index is 851. The molecule has 2 aromatic rings. The Labute approximate surface area is 145 Å². The minimum atomic E-state index is -0.236. The van der Waals surface area contributed by atoms with Crippen LogP contribution in [0.2, 0.25) is 0 Å². The van der Waals surface area contributed by atoms with Crippen molar-refractivity contribution < 1.29 is 9.53 Å². The number of nitriles is 2. The molecule has 7 heteroatoms. The third kappa shape index (κ3) is 3.73. The first kappa shape index (κ1) is 16.4. The maximum atomic E-state index is 12.6. The van der Waals surface area contributed by atoms with Gasteiger partial charge in [-0.25, -0.2) is 9.97 Å². The normalized spacial score (nSPS) is 16.6. The maximum absolute atomic E-state index is 12.6. The van der Waals surface area contributed by atoms with Crippen LogP contribution >= 0.6 is 0 Å². The van der Waals surface area contributed by atoms with E-state index in [4.69, 9.17) is 15.3 Å². The lowest BCUT2D eigenvalue weighted by molar-refractivity contribution is 0.0526. The fraction of sp³-hybridized carbons (Fsp3) is 0.278. The van der Waals surface area contributed by atoms with Gasteiger partial charge in [-0.3, -0.25) is 4.79 Å². The van der Waals surface area contributed by atoms with Gasteiger partial charge in [0.1, 0.15) is 12.2 Å². The molecule has 0 unspecified atom stereocenters. The minimum Gasteiger partial charge on any atom is -0.470 e. The van der Waals surface area contributed by atoms with Gasteiger partial charge in [0.05, 0.1) is 18.2 Å². The molecule has 0 spiro atoms. The van der Waals surface area contributed by atoms with Crippen LogP contribution in [0.1, 0.15) is 34.5 Å². The summed E-state index contributed by atoms with van der Waals surface area (Å²) >= 11 is 0. The van der Waals surface area contributed by atoms with Crippen molar-refractivity contribution in [2.24, 2.45) is 0 Å². The van der Waals surface area contributed by atoms with Crippen LogP contribution in [-0.2, 0) is 0 Å². The first-order valence-electron chi connectivity index (χ1n) is 7.88. The van der Waals surface area contributed by atoms with Crippen LogP contribution in [0.15, 0.2) is 36.7 Å². The molecule has 0 saturated carbocycles. The van der Waals surface area contributed by atoms with Crippen LogP contribution in [0.25, 0.3) is 0 Å². The molecule has 2 heterocycles. The molecule has 124 valence electrons. The maximum Gasteiger partial charge on any atom is 0.253 e. The fourth-order valence-corrected chi connectivity index (χ4v) is 2.73. The summed E-state index contributed by atoms with van der Waals surface area (Å²) in [6, 6.07) is 10.6. The SMILES string of the molecule is N#Cc1ccc(C(=O)N2CCC[C@H](Oc3nccnc3C#N)C2)cc1. The molecule has 1 fully saturated rings. The molecule has 0 bridgehead atoms. The lowest BCUT2D eigenvalue weighted by Crippen LogP contribution is -2.44. The average molecular weight is 333 g/mol. The Balaban J connectivity index is 1.69. The van der Waals surface area contributed by atoms with Crippen molar-refractivity contribution in [1.29, 1.82) is 10.5 Å². The molecule has 7 nitrogen and oxygen atoms in total. The Morgan fingerprint density at radius 3 is 2.64 bits per heavy atom. The van der Waals surface area contributed by atoms with Crippen molar-refractivity contribution in [2.45, 2.75) is 18.9 Å².